The SMILES string of the molecule is CC/C=C\C/C=C\C/C=C\C/C=C\C/C=C\CCCCCC(=O)OCC(COCCCCCCCCCC/C=C\C/C=C\C/C=C\CC)OC(=O)CCCCCCC/C=C\CCCCCCCC. The first-order valence-electron chi connectivity index (χ1n) is 28.4. The van der Waals surface area contributed by atoms with Gasteiger partial charge in [0.2, 0.25) is 0 Å². The van der Waals surface area contributed by atoms with E-state index in [4.69, 9.17) is 14.2 Å². The van der Waals surface area contributed by atoms with Gasteiger partial charge in [-0.15, -0.1) is 0 Å². The maximum absolute atomic E-state index is 12.9. The summed E-state index contributed by atoms with van der Waals surface area (Å²) in [5.74, 6) is -0.449. The van der Waals surface area contributed by atoms with Crippen LogP contribution in [0.5, 0.6) is 0 Å². The van der Waals surface area contributed by atoms with Gasteiger partial charge in [-0.05, 0) is 122 Å². The van der Waals surface area contributed by atoms with Crippen molar-refractivity contribution in [2.45, 2.75) is 258 Å². The molecule has 0 spiro atoms. The highest BCUT2D eigenvalue weighted by molar-refractivity contribution is 5.70. The summed E-state index contributed by atoms with van der Waals surface area (Å²) in [6.07, 6.45) is 79.6. The summed E-state index contributed by atoms with van der Waals surface area (Å²) in [6.45, 7) is 7.55. The minimum atomic E-state index is -0.566. The van der Waals surface area contributed by atoms with Gasteiger partial charge in [0, 0.05) is 19.4 Å². The molecule has 0 aromatic carbocycles. The molecule has 0 aliphatic heterocycles. The van der Waals surface area contributed by atoms with Gasteiger partial charge < -0.3 is 14.2 Å². The first-order chi connectivity index (χ1) is 33.6. The fourth-order valence-electron chi connectivity index (χ4n) is 7.60. The zero-order valence-electron chi connectivity index (χ0n) is 44.6. The molecule has 0 N–H and O–H groups in total. The Morgan fingerprint density at radius 3 is 1.09 bits per heavy atom. The molecule has 68 heavy (non-hydrogen) atoms. The van der Waals surface area contributed by atoms with Crippen molar-refractivity contribution in [3.8, 4) is 0 Å². The Labute approximate surface area is 421 Å². The predicted molar refractivity (Wildman–Crippen MR) is 297 cm³/mol. The third-order valence-corrected chi connectivity index (χ3v) is 11.8. The average Bonchev–Trinajstić information content (AvgIpc) is 3.34. The maximum Gasteiger partial charge on any atom is 0.306 e. The van der Waals surface area contributed by atoms with E-state index in [-0.39, 0.29) is 25.2 Å². The van der Waals surface area contributed by atoms with E-state index in [9.17, 15) is 9.59 Å². The van der Waals surface area contributed by atoms with Gasteiger partial charge in [-0.2, -0.15) is 0 Å². The Kier molecular flexibility index (Phi) is 54.9. The summed E-state index contributed by atoms with van der Waals surface area (Å²) in [5, 5.41) is 0. The van der Waals surface area contributed by atoms with Crippen LogP contribution in [0.1, 0.15) is 252 Å². The van der Waals surface area contributed by atoms with Crippen LogP contribution in [0.25, 0.3) is 0 Å². The number of esters is 2. The van der Waals surface area contributed by atoms with Crippen LogP contribution in [0, 0.1) is 0 Å². The summed E-state index contributed by atoms with van der Waals surface area (Å²) in [5.41, 5.74) is 0. The summed E-state index contributed by atoms with van der Waals surface area (Å²) in [7, 11) is 0. The fraction of sp³-hybridized carbons (Fsp3) is 0.683. The van der Waals surface area contributed by atoms with Crippen molar-refractivity contribution in [1.29, 1.82) is 0 Å². The lowest BCUT2D eigenvalue weighted by atomic mass is 10.1. The molecule has 0 saturated heterocycles. The molecule has 388 valence electrons. The molecule has 0 amide bonds. The fourth-order valence-corrected chi connectivity index (χ4v) is 7.60. The Morgan fingerprint density at radius 1 is 0.338 bits per heavy atom. The molecule has 0 saturated carbocycles. The highest BCUT2D eigenvalue weighted by atomic mass is 16.6. The van der Waals surface area contributed by atoms with Gasteiger partial charge in [-0.3, -0.25) is 9.59 Å². The molecule has 5 nitrogen and oxygen atoms in total. The average molecular weight is 944 g/mol. The summed E-state index contributed by atoms with van der Waals surface area (Å²) in [6, 6.07) is 0. The molecule has 0 aromatic rings. The molecule has 0 rings (SSSR count). The molecule has 1 atom stereocenters. The summed E-state index contributed by atoms with van der Waals surface area (Å²) in [4.78, 5) is 25.5. The van der Waals surface area contributed by atoms with Crippen molar-refractivity contribution in [3.05, 3.63) is 109 Å². The number of carbonyl (C=O) groups is 2. The van der Waals surface area contributed by atoms with Crippen molar-refractivity contribution in [2.75, 3.05) is 19.8 Å². The van der Waals surface area contributed by atoms with Gasteiger partial charge in [0.15, 0.2) is 6.10 Å². The number of carbonyl (C=O) groups excluding carboxylic acids is 2. The van der Waals surface area contributed by atoms with Crippen LogP contribution in [0.4, 0.5) is 0 Å². The largest absolute Gasteiger partial charge is 0.462 e. The third-order valence-electron chi connectivity index (χ3n) is 11.8. The van der Waals surface area contributed by atoms with E-state index >= 15 is 0 Å². The van der Waals surface area contributed by atoms with Crippen LogP contribution in [-0.2, 0) is 23.8 Å². The third kappa shape index (κ3) is 55.2. The van der Waals surface area contributed by atoms with Crippen molar-refractivity contribution >= 4 is 11.9 Å². The molecule has 0 aliphatic carbocycles. The van der Waals surface area contributed by atoms with Crippen LogP contribution < -0.4 is 0 Å². The van der Waals surface area contributed by atoms with Gasteiger partial charge >= 0.3 is 11.9 Å². The molecule has 0 aliphatic rings. The van der Waals surface area contributed by atoms with E-state index in [1.165, 1.54) is 103 Å². The highest BCUT2D eigenvalue weighted by Crippen LogP contribution is 2.14. The number of ether oxygens (including phenoxy) is 3. The Balaban J connectivity index is 4.37. The standard InChI is InChI=1S/C63H106O5/c1-4-7-10-13-16-19-22-25-28-30-32-33-36-38-41-44-47-50-53-56-62(64)67-60-61(68-63(65)57-54-51-48-45-42-39-35-27-24-21-18-15-12-9-6-3)59-66-58-55-52-49-46-43-40-37-34-31-29-26-23-20-17-14-11-8-5-2/h7-8,10-11,16-17,19-20,25-29,32-33,35,38,41,61H,4-6,9,12-15,18,21-24,30-31,34,36-37,39-40,42-60H2,1-3H3/b10-7-,11-8-,19-16-,20-17-,28-25-,29-26-,33-32-,35-27-,41-38-. The van der Waals surface area contributed by atoms with Gasteiger partial charge in [-0.25, -0.2) is 0 Å². The lowest BCUT2D eigenvalue weighted by Gasteiger charge is -2.18. The van der Waals surface area contributed by atoms with E-state index in [0.717, 1.165) is 116 Å². The smallest absolute Gasteiger partial charge is 0.306 e. The number of rotatable bonds is 51. The molecule has 0 bridgehead atoms. The van der Waals surface area contributed by atoms with E-state index in [1.54, 1.807) is 0 Å². The van der Waals surface area contributed by atoms with Gasteiger partial charge in [0.05, 0.1) is 6.61 Å². The van der Waals surface area contributed by atoms with E-state index in [0.29, 0.717) is 19.4 Å². The van der Waals surface area contributed by atoms with Gasteiger partial charge in [0.25, 0.3) is 0 Å². The Morgan fingerprint density at radius 2 is 0.662 bits per heavy atom. The topological polar surface area (TPSA) is 61.8 Å². The molecular formula is C63H106O5. The number of hydrogen-bond donors (Lipinski definition) is 0. The maximum atomic E-state index is 12.9. The van der Waals surface area contributed by atoms with Crippen LogP contribution in [0.3, 0.4) is 0 Å². The monoisotopic (exact) mass is 943 g/mol. The second-order valence-corrected chi connectivity index (χ2v) is 18.4. The normalized spacial score (nSPS) is 13.0. The second kappa shape index (κ2) is 57.9. The summed E-state index contributed by atoms with van der Waals surface area (Å²) >= 11 is 0. The Bertz CT molecular complexity index is 1340. The summed E-state index contributed by atoms with van der Waals surface area (Å²) < 4.78 is 17.4. The zero-order valence-corrected chi connectivity index (χ0v) is 44.6. The number of unbranched alkanes of at least 4 members (excludes halogenated alkanes) is 22. The zero-order chi connectivity index (χ0) is 49.2. The van der Waals surface area contributed by atoms with Crippen molar-refractivity contribution < 1.29 is 23.8 Å². The molecule has 5 heteroatoms. The molecule has 0 fully saturated rings. The van der Waals surface area contributed by atoms with E-state index < -0.39 is 6.10 Å². The second-order valence-electron chi connectivity index (χ2n) is 18.4. The minimum absolute atomic E-state index is 0.0563. The number of allylic oxidation sites excluding steroid dienone is 18. The van der Waals surface area contributed by atoms with Crippen LogP contribution in [-0.4, -0.2) is 37.9 Å². The van der Waals surface area contributed by atoms with Crippen molar-refractivity contribution in [2.24, 2.45) is 0 Å². The molecule has 0 radical (unpaired) electrons. The molecule has 0 aromatic heterocycles. The Hall–Kier alpha value is -3.44. The van der Waals surface area contributed by atoms with Crippen LogP contribution in [0.15, 0.2) is 109 Å². The van der Waals surface area contributed by atoms with Crippen molar-refractivity contribution in [3.63, 3.8) is 0 Å². The molecular weight excluding hydrogens is 837 g/mol. The quantitative estimate of drug-likeness (QED) is 0.0345. The number of hydrogen-bond acceptors (Lipinski definition) is 5. The lowest BCUT2D eigenvalue weighted by molar-refractivity contribution is -0.163. The first kappa shape index (κ1) is 64.6. The lowest BCUT2D eigenvalue weighted by Crippen LogP contribution is -2.30. The van der Waals surface area contributed by atoms with Gasteiger partial charge in [0.1, 0.15) is 6.61 Å². The molecule has 0 heterocycles. The van der Waals surface area contributed by atoms with E-state index in [2.05, 4.69) is 130 Å². The predicted octanol–water partition coefficient (Wildman–Crippen LogP) is 19.6. The highest BCUT2D eigenvalue weighted by Gasteiger charge is 2.17. The minimum Gasteiger partial charge on any atom is -0.462 e. The van der Waals surface area contributed by atoms with Crippen molar-refractivity contribution in [1.82, 2.24) is 0 Å². The van der Waals surface area contributed by atoms with Crippen LogP contribution in [0.2, 0.25) is 0 Å². The van der Waals surface area contributed by atoms with E-state index in [1.807, 2.05) is 0 Å². The first-order valence-corrected chi connectivity index (χ1v) is 28.4. The molecule has 1 unspecified atom stereocenters. The van der Waals surface area contributed by atoms with Crippen LogP contribution >= 0.6 is 0 Å². The van der Waals surface area contributed by atoms with Gasteiger partial charge in [-0.1, -0.05) is 226 Å².